The van der Waals surface area contributed by atoms with Gasteiger partial charge in [0.25, 0.3) is 11.9 Å². The molecule has 6 rings (SSSR count). The molecule has 2 aromatic heterocycles. The van der Waals surface area contributed by atoms with Gasteiger partial charge < -0.3 is 10.1 Å². The Hall–Kier alpha value is -4.04. The van der Waals surface area contributed by atoms with E-state index >= 15 is 0 Å². The summed E-state index contributed by atoms with van der Waals surface area (Å²) in [5.41, 5.74) is 6.87. The van der Waals surface area contributed by atoms with E-state index < -0.39 is 0 Å². The number of nitrogens with one attached hydrogen (secondary N) is 1. The van der Waals surface area contributed by atoms with Crippen molar-refractivity contribution < 1.29 is 9.53 Å². The van der Waals surface area contributed by atoms with Crippen LogP contribution >= 0.6 is 0 Å². The van der Waals surface area contributed by atoms with E-state index in [-0.39, 0.29) is 11.9 Å². The van der Waals surface area contributed by atoms with Crippen LogP contribution in [0.5, 0.6) is 5.75 Å². The van der Waals surface area contributed by atoms with Crippen LogP contribution in [-0.4, -0.2) is 56.8 Å². The SMILES string of the molecule is COc1ccc2c(c1)-c1nc(-n3ncc(C(=O)NC4CCN(Cc5ccccc5)C4)c3C)ncc1CC2. The van der Waals surface area contributed by atoms with Crippen LogP contribution in [0.25, 0.3) is 17.2 Å². The molecule has 1 amide bonds. The number of ether oxygens (including phenoxy) is 1. The van der Waals surface area contributed by atoms with Gasteiger partial charge in [0.1, 0.15) is 5.75 Å². The van der Waals surface area contributed by atoms with Crippen molar-refractivity contribution in [2.75, 3.05) is 20.2 Å². The molecule has 1 N–H and O–H groups in total. The molecule has 0 bridgehead atoms. The average Bonchev–Trinajstić information content (AvgIpc) is 3.54. The fourth-order valence-electron chi connectivity index (χ4n) is 5.34. The second kappa shape index (κ2) is 9.78. The van der Waals surface area contributed by atoms with E-state index in [1.807, 2.05) is 31.3 Å². The Balaban J connectivity index is 1.18. The molecule has 8 heteroatoms. The van der Waals surface area contributed by atoms with E-state index in [1.165, 1.54) is 11.1 Å². The molecule has 4 aromatic rings. The molecule has 8 nitrogen and oxygen atoms in total. The van der Waals surface area contributed by atoms with E-state index in [2.05, 4.69) is 50.6 Å². The van der Waals surface area contributed by atoms with Gasteiger partial charge >= 0.3 is 0 Å². The van der Waals surface area contributed by atoms with Crippen LogP contribution < -0.4 is 10.1 Å². The highest BCUT2D eigenvalue weighted by Gasteiger charge is 2.26. The zero-order valence-corrected chi connectivity index (χ0v) is 21.1. The number of fused-ring (bicyclic) bond motifs is 3. The quantitative estimate of drug-likeness (QED) is 0.440. The third kappa shape index (κ3) is 4.60. The Morgan fingerprint density at radius 2 is 1.95 bits per heavy atom. The summed E-state index contributed by atoms with van der Waals surface area (Å²) in [5.74, 6) is 1.15. The summed E-state index contributed by atoms with van der Waals surface area (Å²) in [7, 11) is 1.67. The van der Waals surface area contributed by atoms with Gasteiger partial charge in [-0.2, -0.15) is 5.10 Å². The highest BCUT2D eigenvalue weighted by Crippen LogP contribution is 2.34. The van der Waals surface area contributed by atoms with Crippen molar-refractivity contribution in [1.82, 2.24) is 30.0 Å². The van der Waals surface area contributed by atoms with Gasteiger partial charge in [-0.3, -0.25) is 9.69 Å². The van der Waals surface area contributed by atoms with Crippen molar-refractivity contribution in [3.05, 3.63) is 88.9 Å². The fraction of sp³-hybridized carbons (Fsp3) is 0.310. The Morgan fingerprint density at radius 3 is 2.78 bits per heavy atom. The number of hydrogen-bond donors (Lipinski definition) is 1. The highest BCUT2D eigenvalue weighted by atomic mass is 16.5. The van der Waals surface area contributed by atoms with Crippen LogP contribution in [-0.2, 0) is 19.4 Å². The number of benzene rings is 2. The fourth-order valence-corrected chi connectivity index (χ4v) is 5.34. The van der Waals surface area contributed by atoms with Gasteiger partial charge in [0.2, 0.25) is 0 Å². The third-order valence-electron chi connectivity index (χ3n) is 7.39. The second-order valence-corrected chi connectivity index (χ2v) is 9.80. The van der Waals surface area contributed by atoms with E-state index in [0.29, 0.717) is 11.5 Å². The van der Waals surface area contributed by atoms with Crippen LogP contribution in [0.2, 0.25) is 0 Å². The van der Waals surface area contributed by atoms with Crippen molar-refractivity contribution in [2.24, 2.45) is 0 Å². The largest absolute Gasteiger partial charge is 0.497 e. The lowest BCUT2D eigenvalue weighted by molar-refractivity contribution is 0.0937. The molecule has 0 saturated carbocycles. The number of carbonyl (C=O) groups is 1. The molecule has 1 aliphatic heterocycles. The first kappa shape index (κ1) is 23.4. The summed E-state index contributed by atoms with van der Waals surface area (Å²) in [4.78, 5) is 25.0. The van der Waals surface area contributed by atoms with Crippen LogP contribution in [0.1, 0.15) is 39.2 Å². The minimum absolute atomic E-state index is 0.108. The zero-order valence-electron chi connectivity index (χ0n) is 21.1. The summed E-state index contributed by atoms with van der Waals surface area (Å²) in [6.07, 6.45) is 6.26. The van der Waals surface area contributed by atoms with E-state index in [0.717, 1.165) is 67.2 Å². The van der Waals surface area contributed by atoms with Crippen LogP contribution in [0, 0.1) is 6.92 Å². The number of rotatable bonds is 6. The smallest absolute Gasteiger partial charge is 0.255 e. The number of hydrogen-bond acceptors (Lipinski definition) is 6. The number of methoxy groups -OCH3 is 1. The third-order valence-corrected chi connectivity index (χ3v) is 7.39. The molecule has 37 heavy (non-hydrogen) atoms. The molecule has 2 aromatic carbocycles. The van der Waals surface area contributed by atoms with Crippen LogP contribution in [0.4, 0.5) is 0 Å². The molecule has 1 fully saturated rings. The summed E-state index contributed by atoms with van der Waals surface area (Å²) in [5, 5.41) is 7.69. The number of nitrogens with zero attached hydrogens (tertiary/aromatic N) is 5. The number of aromatic nitrogens is 4. The average molecular weight is 495 g/mol. The lowest BCUT2D eigenvalue weighted by Crippen LogP contribution is -2.37. The van der Waals surface area contributed by atoms with Gasteiger partial charge in [-0.05, 0) is 55.0 Å². The summed E-state index contributed by atoms with van der Waals surface area (Å²) >= 11 is 0. The van der Waals surface area contributed by atoms with E-state index in [4.69, 9.17) is 9.72 Å². The number of likely N-dealkylation sites (tertiary alicyclic amines) is 1. The molecule has 1 unspecified atom stereocenters. The van der Waals surface area contributed by atoms with Crippen LogP contribution in [0.15, 0.2) is 60.9 Å². The van der Waals surface area contributed by atoms with Crippen molar-refractivity contribution in [1.29, 1.82) is 0 Å². The van der Waals surface area contributed by atoms with Gasteiger partial charge in [0.05, 0.1) is 30.3 Å². The Kier molecular flexibility index (Phi) is 6.18. The van der Waals surface area contributed by atoms with Gasteiger partial charge in [0, 0.05) is 37.4 Å². The minimum atomic E-state index is -0.108. The van der Waals surface area contributed by atoms with Gasteiger partial charge in [-0.15, -0.1) is 0 Å². The maximum Gasteiger partial charge on any atom is 0.255 e. The summed E-state index contributed by atoms with van der Waals surface area (Å²) in [6, 6.07) is 16.7. The second-order valence-electron chi connectivity index (χ2n) is 9.80. The Labute approximate surface area is 216 Å². The number of carbonyl (C=O) groups excluding carboxylic acids is 1. The molecule has 188 valence electrons. The molecular weight excluding hydrogens is 464 g/mol. The number of aryl methyl sites for hydroxylation is 2. The molecular formula is C29H30N6O2. The first-order valence-corrected chi connectivity index (χ1v) is 12.7. The molecule has 2 aliphatic rings. The first-order valence-electron chi connectivity index (χ1n) is 12.7. The predicted molar refractivity (Wildman–Crippen MR) is 141 cm³/mol. The molecule has 3 heterocycles. The highest BCUT2D eigenvalue weighted by molar-refractivity contribution is 5.95. The minimum Gasteiger partial charge on any atom is -0.497 e. The van der Waals surface area contributed by atoms with Gasteiger partial charge in [-0.1, -0.05) is 36.4 Å². The Bertz CT molecular complexity index is 1450. The van der Waals surface area contributed by atoms with Gasteiger partial charge in [-0.25, -0.2) is 14.6 Å². The molecule has 1 aliphatic carbocycles. The molecule has 0 spiro atoms. The zero-order chi connectivity index (χ0) is 25.4. The summed E-state index contributed by atoms with van der Waals surface area (Å²) in [6.45, 7) is 4.59. The monoisotopic (exact) mass is 494 g/mol. The molecule has 1 saturated heterocycles. The topological polar surface area (TPSA) is 85.2 Å². The number of amides is 1. The van der Waals surface area contributed by atoms with Gasteiger partial charge in [0.15, 0.2) is 0 Å². The summed E-state index contributed by atoms with van der Waals surface area (Å²) < 4.78 is 7.09. The first-order chi connectivity index (χ1) is 18.1. The van der Waals surface area contributed by atoms with Crippen LogP contribution in [0.3, 0.4) is 0 Å². The predicted octanol–water partition coefficient (Wildman–Crippen LogP) is 3.75. The standard InChI is InChI=1S/C29H30N6O2/c1-19-26(28(36)32-23-12-13-34(18-23)17-20-6-4-3-5-7-20)16-31-35(19)29-30-15-22-9-8-21-10-11-24(37-2)14-25(21)27(22)33-29/h3-7,10-11,14-16,23H,8-9,12-13,17-18H2,1-2H3,(H,32,36). The maximum absolute atomic E-state index is 13.2. The lowest BCUT2D eigenvalue weighted by atomic mass is 9.90. The lowest BCUT2D eigenvalue weighted by Gasteiger charge is -2.20. The van der Waals surface area contributed by atoms with Crippen molar-refractivity contribution >= 4 is 5.91 Å². The van der Waals surface area contributed by atoms with Crippen molar-refractivity contribution in [2.45, 2.75) is 38.8 Å². The van der Waals surface area contributed by atoms with Crippen molar-refractivity contribution in [3.8, 4) is 23.0 Å². The van der Waals surface area contributed by atoms with E-state index in [9.17, 15) is 4.79 Å². The van der Waals surface area contributed by atoms with E-state index in [1.54, 1.807) is 18.0 Å². The molecule has 0 radical (unpaired) electrons. The molecule has 1 atom stereocenters. The Morgan fingerprint density at radius 1 is 1.11 bits per heavy atom. The maximum atomic E-state index is 13.2. The van der Waals surface area contributed by atoms with Crippen molar-refractivity contribution in [3.63, 3.8) is 0 Å². The normalized spacial score (nSPS) is 16.8.